The van der Waals surface area contributed by atoms with E-state index < -0.39 is 5.97 Å². The van der Waals surface area contributed by atoms with Crippen LogP contribution in [0, 0.1) is 0 Å². The maximum absolute atomic E-state index is 13.2. The molecule has 3 aromatic rings. The molecular weight excluding hydrogens is 378 g/mol. The van der Waals surface area contributed by atoms with Crippen LogP contribution < -0.4 is 10.9 Å². The predicted octanol–water partition coefficient (Wildman–Crippen LogP) is 2.40. The molecular formula is C20H19N3O4S. The molecule has 0 atom stereocenters. The highest BCUT2D eigenvalue weighted by Gasteiger charge is 2.15. The molecule has 3 rings (SSSR count). The zero-order valence-electron chi connectivity index (χ0n) is 15.5. The zero-order valence-corrected chi connectivity index (χ0v) is 16.3. The maximum atomic E-state index is 13.2. The van der Waals surface area contributed by atoms with E-state index in [-0.39, 0.29) is 11.5 Å². The first kappa shape index (κ1) is 19.6. The van der Waals surface area contributed by atoms with E-state index in [4.69, 9.17) is 4.74 Å². The normalized spacial score (nSPS) is 10.6. The first-order chi connectivity index (χ1) is 13.5. The second-order valence-corrected chi connectivity index (χ2v) is 6.99. The van der Waals surface area contributed by atoms with Crippen LogP contribution in [0.5, 0.6) is 0 Å². The summed E-state index contributed by atoms with van der Waals surface area (Å²) in [6.07, 6.45) is 0. The van der Waals surface area contributed by atoms with Gasteiger partial charge < -0.3 is 10.1 Å². The number of ether oxygens (including phenoxy) is 1. The van der Waals surface area contributed by atoms with Gasteiger partial charge in [-0.25, -0.2) is 9.78 Å². The Labute approximate surface area is 165 Å². The molecule has 0 aliphatic rings. The fourth-order valence-electron chi connectivity index (χ4n) is 2.68. The summed E-state index contributed by atoms with van der Waals surface area (Å²) >= 11 is 1.35. The minimum Gasteiger partial charge on any atom is -0.465 e. The quantitative estimate of drug-likeness (QED) is 0.297. The Morgan fingerprint density at radius 3 is 2.61 bits per heavy atom. The van der Waals surface area contributed by atoms with Crippen LogP contribution in [0.2, 0.25) is 0 Å². The third-order valence-electron chi connectivity index (χ3n) is 3.98. The van der Waals surface area contributed by atoms with Crippen molar-refractivity contribution < 1.29 is 14.3 Å². The molecule has 0 saturated carbocycles. The smallest absolute Gasteiger partial charge is 0.337 e. The fourth-order valence-corrected chi connectivity index (χ4v) is 3.55. The minimum atomic E-state index is -0.490. The van der Waals surface area contributed by atoms with Crippen LogP contribution in [0.3, 0.4) is 0 Å². The second-order valence-electron chi connectivity index (χ2n) is 5.93. The Morgan fingerprint density at radius 2 is 1.93 bits per heavy atom. The Bertz CT molecular complexity index is 1080. The lowest BCUT2D eigenvalue weighted by atomic mass is 10.1. The number of thioether (sulfide) groups is 1. The number of fused-ring (bicyclic) bond motifs is 1. The number of benzene rings is 2. The number of methoxy groups -OCH3 is 1. The molecule has 2 aromatic carbocycles. The lowest BCUT2D eigenvalue weighted by molar-refractivity contribution is -0.118. The highest BCUT2D eigenvalue weighted by atomic mass is 32.2. The van der Waals surface area contributed by atoms with Gasteiger partial charge >= 0.3 is 5.97 Å². The van der Waals surface area contributed by atoms with Crippen molar-refractivity contribution in [3.8, 4) is 5.69 Å². The molecule has 0 unspecified atom stereocenters. The van der Waals surface area contributed by atoms with Crippen LogP contribution in [0.25, 0.3) is 16.6 Å². The SMILES string of the molecule is COC(=O)c1ccc2c(=O)n(-c3ccccc3)c(SCCNC(C)=O)nc2c1. The van der Waals surface area contributed by atoms with Crippen LogP contribution >= 0.6 is 11.8 Å². The molecule has 28 heavy (non-hydrogen) atoms. The number of nitrogens with one attached hydrogen (secondary N) is 1. The number of hydrogen-bond donors (Lipinski definition) is 1. The summed E-state index contributed by atoms with van der Waals surface area (Å²) in [6.45, 7) is 1.90. The molecule has 0 aliphatic heterocycles. The molecule has 0 fully saturated rings. The van der Waals surface area contributed by atoms with E-state index in [1.165, 1.54) is 25.8 Å². The first-order valence-electron chi connectivity index (χ1n) is 8.59. The van der Waals surface area contributed by atoms with Crippen LogP contribution in [0.15, 0.2) is 58.5 Å². The van der Waals surface area contributed by atoms with Crippen molar-refractivity contribution >= 4 is 34.5 Å². The Hall–Kier alpha value is -3.13. The van der Waals surface area contributed by atoms with E-state index in [1.54, 1.807) is 22.8 Å². The number of amides is 1. The average molecular weight is 397 g/mol. The van der Waals surface area contributed by atoms with Gasteiger partial charge in [0, 0.05) is 19.2 Å². The van der Waals surface area contributed by atoms with Gasteiger partial charge in [-0.15, -0.1) is 0 Å². The zero-order chi connectivity index (χ0) is 20.1. The molecule has 0 radical (unpaired) electrons. The number of carbonyl (C=O) groups is 2. The van der Waals surface area contributed by atoms with Gasteiger partial charge in [-0.3, -0.25) is 14.2 Å². The number of para-hydroxylation sites is 1. The molecule has 0 saturated heterocycles. The molecule has 0 spiro atoms. The van der Waals surface area contributed by atoms with Gasteiger partial charge in [-0.1, -0.05) is 30.0 Å². The molecule has 1 amide bonds. The van der Waals surface area contributed by atoms with Crippen molar-refractivity contribution in [1.29, 1.82) is 0 Å². The van der Waals surface area contributed by atoms with Gasteiger partial charge in [0.05, 0.1) is 29.3 Å². The van der Waals surface area contributed by atoms with Gasteiger partial charge in [0.2, 0.25) is 5.91 Å². The summed E-state index contributed by atoms with van der Waals surface area (Å²) in [7, 11) is 1.30. The first-order valence-corrected chi connectivity index (χ1v) is 9.57. The van der Waals surface area contributed by atoms with Gasteiger partial charge in [-0.2, -0.15) is 0 Å². The van der Waals surface area contributed by atoms with Crippen LogP contribution in [-0.4, -0.2) is 40.8 Å². The monoisotopic (exact) mass is 397 g/mol. The summed E-state index contributed by atoms with van der Waals surface area (Å²) < 4.78 is 6.29. The topological polar surface area (TPSA) is 90.3 Å². The summed E-state index contributed by atoms with van der Waals surface area (Å²) in [5.41, 5.74) is 1.21. The molecule has 1 heterocycles. The number of carbonyl (C=O) groups excluding carboxylic acids is 2. The highest BCUT2D eigenvalue weighted by Crippen LogP contribution is 2.22. The van der Waals surface area contributed by atoms with Crippen molar-refractivity contribution in [3.63, 3.8) is 0 Å². The Morgan fingerprint density at radius 1 is 1.18 bits per heavy atom. The van der Waals surface area contributed by atoms with Crippen molar-refractivity contribution in [2.24, 2.45) is 0 Å². The Kier molecular flexibility index (Phi) is 6.10. The van der Waals surface area contributed by atoms with E-state index in [9.17, 15) is 14.4 Å². The number of hydrogen-bond acceptors (Lipinski definition) is 6. The third-order valence-corrected chi connectivity index (χ3v) is 4.92. The molecule has 8 heteroatoms. The van der Waals surface area contributed by atoms with E-state index in [0.29, 0.717) is 39.6 Å². The molecule has 144 valence electrons. The molecule has 1 N–H and O–H groups in total. The highest BCUT2D eigenvalue weighted by molar-refractivity contribution is 7.99. The lowest BCUT2D eigenvalue weighted by Crippen LogP contribution is -2.24. The van der Waals surface area contributed by atoms with Crippen molar-refractivity contribution in [1.82, 2.24) is 14.9 Å². The average Bonchev–Trinajstić information content (AvgIpc) is 2.70. The largest absolute Gasteiger partial charge is 0.465 e. The number of rotatable bonds is 6. The number of aromatic nitrogens is 2. The summed E-state index contributed by atoms with van der Waals surface area (Å²) in [5, 5.41) is 3.61. The molecule has 0 bridgehead atoms. The predicted molar refractivity (Wildman–Crippen MR) is 108 cm³/mol. The van der Waals surface area contributed by atoms with E-state index in [2.05, 4.69) is 10.3 Å². The van der Waals surface area contributed by atoms with Crippen LogP contribution in [0.4, 0.5) is 0 Å². The maximum Gasteiger partial charge on any atom is 0.337 e. The van der Waals surface area contributed by atoms with Crippen molar-refractivity contribution in [3.05, 3.63) is 64.4 Å². The van der Waals surface area contributed by atoms with Gasteiger partial charge in [0.1, 0.15) is 0 Å². The second kappa shape index (κ2) is 8.71. The number of esters is 1. The lowest BCUT2D eigenvalue weighted by Gasteiger charge is -2.13. The fraction of sp³-hybridized carbons (Fsp3) is 0.200. The summed E-state index contributed by atoms with van der Waals surface area (Å²) in [5.74, 6) is -0.0628. The van der Waals surface area contributed by atoms with E-state index >= 15 is 0 Å². The van der Waals surface area contributed by atoms with Gasteiger partial charge in [-0.05, 0) is 30.3 Å². The van der Waals surface area contributed by atoms with Crippen molar-refractivity contribution in [2.45, 2.75) is 12.1 Å². The van der Waals surface area contributed by atoms with Crippen LogP contribution in [-0.2, 0) is 9.53 Å². The van der Waals surface area contributed by atoms with Crippen molar-refractivity contribution in [2.75, 3.05) is 19.4 Å². The summed E-state index contributed by atoms with van der Waals surface area (Å²) in [4.78, 5) is 40.7. The Balaban J connectivity index is 2.10. The van der Waals surface area contributed by atoms with Gasteiger partial charge in [0.15, 0.2) is 5.16 Å². The van der Waals surface area contributed by atoms with E-state index in [0.717, 1.165) is 0 Å². The van der Waals surface area contributed by atoms with Gasteiger partial charge in [0.25, 0.3) is 5.56 Å². The standard InChI is InChI=1S/C20H19N3O4S/c1-13(24)21-10-11-28-20-22-17-12-14(19(26)27-2)8-9-16(17)18(25)23(20)15-6-4-3-5-7-15/h3-9,12H,10-11H2,1-2H3,(H,21,24). The minimum absolute atomic E-state index is 0.116. The third kappa shape index (κ3) is 4.23. The molecule has 0 aliphatic carbocycles. The molecule has 7 nitrogen and oxygen atoms in total. The molecule has 1 aromatic heterocycles. The number of nitrogens with zero attached hydrogens (tertiary/aromatic N) is 2. The van der Waals surface area contributed by atoms with Crippen LogP contribution in [0.1, 0.15) is 17.3 Å². The summed E-state index contributed by atoms with van der Waals surface area (Å²) in [6, 6.07) is 13.9. The van der Waals surface area contributed by atoms with E-state index in [1.807, 2.05) is 30.3 Å².